The number of hydrogen-bond donors (Lipinski definition) is 2. The number of H-pyrrole nitrogens is 1. The molecule has 0 radical (unpaired) electrons. The van der Waals surface area contributed by atoms with Crippen molar-refractivity contribution in [2.45, 2.75) is 52.6 Å². The van der Waals surface area contributed by atoms with Crippen molar-refractivity contribution in [1.29, 1.82) is 0 Å². The highest BCUT2D eigenvalue weighted by atomic mass is 79.9. The highest BCUT2D eigenvalue weighted by Gasteiger charge is 2.20. The van der Waals surface area contributed by atoms with E-state index in [0.29, 0.717) is 0 Å². The molecule has 0 spiro atoms. The van der Waals surface area contributed by atoms with Gasteiger partial charge in [0.05, 0.1) is 21.9 Å². The Bertz CT molecular complexity index is 547. The van der Waals surface area contributed by atoms with Crippen LogP contribution in [0.25, 0.3) is 0 Å². The van der Waals surface area contributed by atoms with Crippen LogP contribution in [0.4, 0.5) is 0 Å². The lowest BCUT2D eigenvalue weighted by atomic mass is 10.1. The lowest BCUT2D eigenvalue weighted by Gasteiger charge is -2.17. The number of halogens is 1. The Morgan fingerprint density at radius 2 is 2.19 bits per heavy atom. The van der Waals surface area contributed by atoms with Crippen LogP contribution in [0.1, 0.15) is 50.4 Å². The summed E-state index contributed by atoms with van der Waals surface area (Å²) in [5.74, 6) is 0.984. The molecular formula is C15H24BrN5. The molecule has 2 aromatic rings. The largest absolute Gasteiger partial charge is 0.347 e. The summed E-state index contributed by atoms with van der Waals surface area (Å²) in [7, 11) is 0. The summed E-state index contributed by atoms with van der Waals surface area (Å²) in [5.41, 5.74) is 2.36. The summed E-state index contributed by atoms with van der Waals surface area (Å²) < 4.78 is 3.23. The summed E-state index contributed by atoms with van der Waals surface area (Å²) in [4.78, 5) is 7.64. The second-order valence-electron chi connectivity index (χ2n) is 5.06. The Hall–Kier alpha value is -1.14. The normalized spacial score (nSPS) is 12.8. The lowest BCUT2D eigenvalue weighted by Crippen LogP contribution is -2.26. The van der Waals surface area contributed by atoms with Crippen molar-refractivity contribution >= 4 is 15.9 Å². The van der Waals surface area contributed by atoms with Gasteiger partial charge in [-0.2, -0.15) is 5.10 Å². The third-order valence-corrected chi connectivity index (χ3v) is 4.50. The number of imidazole rings is 1. The summed E-state index contributed by atoms with van der Waals surface area (Å²) in [6, 6.07) is 0.183. The fraction of sp³-hybridized carbons (Fsp3) is 0.600. The summed E-state index contributed by atoms with van der Waals surface area (Å²) in [6.45, 7) is 8.30. The molecule has 0 amide bonds. The number of hydrogen-bond acceptors (Lipinski definition) is 3. The van der Waals surface area contributed by atoms with Crippen LogP contribution in [-0.4, -0.2) is 26.3 Å². The van der Waals surface area contributed by atoms with Crippen molar-refractivity contribution in [2.24, 2.45) is 0 Å². The zero-order valence-electron chi connectivity index (χ0n) is 13.0. The van der Waals surface area contributed by atoms with Crippen molar-refractivity contribution in [3.8, 4) is 0 Å². The minimum Gasteiger partial charge on any atom is -0.347 e. The highest BCUT2D eigenvalue weighted by Crippen LogP contribution is 2.26. The van der Waals surface area contributed by atoms with Gasteiger partial charge in [0.1, 0.15) is 5.82 Å². The van der Waals surface area contributed by atoms with E-state index in [1.807, 2.05) is 6.20 Å². The zero-order chi connectivity index (χ0) is 15.2. The summed E-state index contributed by atoms with van der Waals surface area (Å²) in [5, 5.41) is 8.24. The molecule has 0 bridgehead atoms. The van der Waals surface area contributed by atoms with Gasteiger partial charge in [-0.3, -0.25) is 4.68 Å². The third kappa shape index (κ3) is 3.74. The Balaban J connectivity index is 2.25. The van der Waals surface area contributed by atoms with Crippen LogP contribution in [-0.2, 0) is 19.4 Å². The molecule has 0 aromatic carbocycles. The van der Waals surface area contributed by atoms with Crippen LogP contribution in [0.5, 0.6) is 0 Å². The van der Waals surface area contributed by atoms with Crippen LogP contribution < -0.4 is 5.32 Å². The number of rotatable bonds is 8. The lowest BCUT2D eigenvalue weighted by molar-refractivity contribution is 0.485. The second kappa shape index (κ2) is 7.75. The Labute approximate surface area is 134 Å². The van der Waals surface area contributed by atoms with Crippen LogP contribution in [0, 0.1) is 0 Å². The molecule has 1 unspecified atom stereocenters. The van der Waals surface area contributed by atoms with Crippen molar-refractivity contribution < 1.29 is 0 Å². The molecule has 21 heavy (non-hydrogen) atoms. The van der Waals surface area contributed by atoms with Crippen LogP contribution in [0.3, 0.4) is 0 Å². The molecule has 5 nitrogen and oxygen atoms in total. The smallest absolute Gasteiger partial charge is 0.123 e. The van der Waals surface area contributed by atoms with Crippen molar-refractivity contribution in [2.75, 3.05) is 6.54 Å². The van der Waals surface area contributed by atoms with Crippen molar-refractivity contribution in [3.05, 3.63) is 34.1 Å². The highest BCUT2D eigenvalue weighted by molar-refractivity contribution is 9.10. The predicted octanol–water partition coefficient (Wildman–Crippen LogP) is 3.23. The Morgan fingerprint density at radius 1 is 1.38 bits per heavy atom. The molecule has 0 aliphatic rings. The van der Waals surface area contributed by atoms with E-state index in [9.17, 15) is 0 Å². The monoisotopic (exact) mass is 353 g/mol. The van der Waals surface area contributed by atoms with Crippen LogP contribution in [0.15, 0.2) is 16.9 Å². The minimum atomic E-state index is 0.183. The standard InChI is InChI=1S/C15H24BrN5/c1-4-7-17-12(15-18-8-9-19-15)10-13-14(16)11(5-2)20-21(13)6-3/h8-9,12,17H,4-7,10H2,1-3H3,(H,18,19). The van der Waals surface area contributed by atoms with Gasteiger partial charge in [-0.1, -0.05) is 13.8 Å². The maximum absolute atomic E-state index is 4.67. The van der Waals surface area contributed by atoms with Gasteiger partial charge in [0.2, 0.25) is 0 Å². The topological polar surface area (TPSA) is 58.5 Å². The second-order valence-corrected chi connectivity index (χ2v) is 5.85. The number of nitrogens with one attached hydrogen (secondary N) is 2. The minimum absolute atomic E-state index is 0.183. The van der Waals surface area contributed by atoms with E-state index in [0.717, 1.165) is 48.3 Å². The van der Waals surface area contributed by atoms with E-state index < -0.39 is 0 Å². The van der Waals surface area contributed by atoms with Gasteiger partial charge in [-0.25, -0.2) is 4.98 Å². The average Bonchev–Trinajstić information content (AvgIpc) is 3.12. The first-order valence-corrected chi connectivity index (χ1v) is 8.47. The van der Waals surface area contributed by atoms with Crippen molar-refractivity contribution in [3.63, 3.8) is 0 Å². The Morgan fingerprint density at radius 3 is 2.76 bits per heavy atom. The van der Waals surface area contributed by atoms with E-state index in [4.69, 9.17) is 0 Å². The first-order valence-electron chi connectivity index (χ1n) is 7.67. The van der Waals surface area contributed by atoms with Gasteiger partial charge in [0.15, 0.2) is 0 Å². The van der Waals surface area contributed by atoms with Gasteiger partial charge < -0.3 is 10.3 Å². The maximum Gasteiger partial charge on any atom is 0.123 e. The summed E-state index contributed by atoms with van der Waals surface area (Å²) in [6.07, 6.45) is 6.59. The van der Waals surface area contributed by atoms with Crippen molar-refractivity contribution in [1.82, 2.24) is 25.1 Å². The molecule has 6 heteroatoms. The quantitative estimate of drug-likeness (QED) is 0.765. The number of aromatic amines is 1. The molecular weight excluding hydrogens is 330 g/mol. The van der Waals surface area contributed by atoms with E-state index in [1.165, 1.54) is 5.69 Å². The van der Waals surface area contributed by atoms with Crippen LogP contribution >= 0.6 is 15.9 Å². The molecule has 0 aliphatic carbocycles. The molecule has 2 rings (SSSR count). The van der Waals surface area contributed by atoms with E-state index in [1.54, 1.807) is 6.20 Å². The molecule has 0 saturated heterocycles. The molecule has 2 aromatic heterocycles. The third-order valence-electron chi connectivity index (χ3n) is 3.58. The number of aromatic nitrogens is 4. The maximum atomic E-state index is 4.67. The number of nitrogens with zero attached hydrogens (tertiary/aromatic N) is 3. The molecule has 0 fully saturated rings. The van der Waals surface area contributed by atoms with Gasteiger partial charge in [-0.15, -0.1) is 0 Å². The predicted molar refractivity (Wildman–Crippen MR) is 88.3 cm³/mol. The number of aryl methyl sites for hydroxylation is 2. The van der Waals surface area contributed by atoms with Crippen LogP contribution in [0.2, 0.25) is 0 Å². The molecule has 0 saturated carbocycles. The van der Waals surface area contributed by atoms with Gasteiger partial charge in [-0.05, 0) is 42.2 Å². The Kier molecular flexibility index (Phi) is 5.99. The molecule has 0 aliphatic heterocycles. The van der Waals surface area contributed by atoms with Gasteiger partial charge in [0.25, 0.3) is 0 Å². The van der Waals surface area contributed by atoms with E-state index in [2.05, 4.69) is 61.8 Å². The first kappa shape index (κ1) is 16.2. The fourth-order valence-electron chi connectivity index (χ4n) is 2.46. The van der Waals surface area contributed by atoms with Gasteiger partial charge in [0, 0.05) is 25.4 Å². The summed E-state index contributed by atoms with van der Waals surface area (Å²) >= 11 is 3.72. The fourth-order valence-corrected chi connectivity index (χ4v) is 3.18. The molecule has 2 heterocycles. The zero-order valence-corrected chi connectivity index (χ0v) is 14.6. The van der Waals surface area contributed by atoms with E-state index >= 15 is 0 Å². The SMILES string of the molecule is CCCNC(Cc1c(Br)c(CC)nn1CC)c1ncc[nH]1. The molecule has 116 valence electrons. The van der Waals surface area contributed by atoms with E-state index in [-0.39, 0.29) is 6.04 Å². The average molecular weight is 354 g/mol. The molecule has 2 N–H and O–H groups in total. The first-order chi connectivity index (χ1) is 10.2. The molecule has 1 atom stereocenters. The van der Waals surface area contributed by atoms with Gasteiger partial charge >= 0.3 is 0 Å².